The predicted molar refractivity (Wildman–Crippen MR) is 154 cm³/mol. The van der Waals surface area contributed by atoms with Gasteiger partial charge in [0, 0.05) is 25.4 Å². The van der Waals surface area contributed by atoms with Gasteiger partial charge in [0.15, 0.2) is 13.3 Å². The first-order chi connectivity index (χ1) is 19.0. The van der Waals surface area contributed by atoms with Crippen LogP contribution in [0, 0.1) is 0 Å². The van der Waals surface area contributed by atoms with Gasteiger partial charge in [0.1, 0.15) is 12.1 Å². The number of carboxylic acid groups (broad SMARTS) is 1. The maximum absolute atomic E-state index is 15.2. The number of nitrogens with zero attached hydrogens (tertiary/aromatic N) is 3. The smallest absolute Gasteiger partial charge is 0.326 e. The quantitative estimate of drug-likeness (QED) is 0.122. The van der Waals surface area contributed by atoms with Crippen LogP contribution in [0.15, 0.2) is 65.7 Å². The summed E-state index contributed by atoms with van der Waals surface area (Å²) in [7, 11) is -3.79. The van der Waals surface area contributed by atoms with Crippen molar-refractivity contribution in [2.45, 2.75) is 63.1 Å². The average molecular weight is 571 g/mol. The fourth-order valence-corrected chi connectivity index (χ4v) is 8.27. The van der Waals surface area contributed by atoms with E-state index in [9.17, 15) is 19.5 Å². The molecule has 0 bridgehead atoms. The molecule has 3 atom stereocenters. The standard InChI is InChI=1S/C28H39N6O5P/c1-20(29)25(35)33-17-9-15-23(33)26(36)34(24(27(37)38)14-8-16-32-28(30)31)40(39,18-21-10-4-2-5-11-21)19-22-12-6-3-7-13-22/h2-7,10-13,20,23-24H,8-9,14-19,29H2,1H3,(H,37,38)(H4,30,31,32)/t20-,23-,24-/m0/s1. The molecule has 1 fully saturated rings. The summed E-state index contributed by atoms with van der Waals surface area (Å²) in [6.45, 7) is 2.00. The number of guanidine groups is 1. The summed E-state index contributed by atoms with van der Waals surface area (Å²) < 4.78 is 16.3. The number of rotatable bonds is 13. The van der Waals surface area contributed by atoms with Crippen molar-refractivity contribution in [3.8, 4) is 0 Å². The molecule has 3 rings (SSSR count). The zero-order valence-electron chi connectivity index (χ0n) is 22.8. The lowest BCUT2D eigenvalue weighted by Crippen LogP contribution is -2.54. The van der Waals surface area contributed by atoms with E-state index in [0.29, 0.717) is 30.5 Å². The number of benzene rings is 2. The van der Waals surface area contributed by atoms with Gasteiger partial charge in [-0.05, 0) is 43.7 Å². The molecule has 0 aromatic heterocycles. The highest BCUT2D eigenvalue weighted by atomic mass is 31.2. The fraction of sp³-hybridized carbons (Fsp3) is 0.429. The van der Waals surface area contributed by atoms with Crippen molar-refractivity contribution in [1.82, 2.24) is 9.57 Å². The molecule has 1 aliphatic heterocycles. The minimum Gasteiger partial charge on any atom is -0.480 e. The van der Waals surface area contributed by atoms with E-state index in [-0.39, 0.29) is 37.7 Å². The van der Waals surface area contributed by atoms with Crippen molar-refractivity contribution in [1.29, 1.82) is 0 Å². The molecule has 1 heterocycles. The maximum Gasteiger partial charge on any atom is 0.326 e. The van der Waals surface area contributed by atoms with E-state index in [1.165, 1.54) is 4.90 Å². The van der Waals surface area contributed by atoms with Gasteiger partial charge in [-0.2, -0.15) is 0 Å². The summed E-state index contributed by atoms with van der Waals surface area (Å²) in [6, 6.07) is 14.9. The second-order valence-corrected chi connectivity index (χ2v) is 12.9. The normalized spacial score (nSPS) is 16.6. The number of aliphatic carboxylic acids is 1. The van der Waals surface area contributed by atoms with Crippen LogP contribution in [0.25, 0.3) is 0 Å². The molecule has 0 aliphatic carbocycles. The number of aliphatic imine (C=N–C) groups is 1. The summed E-state index contributed by atoms with van der Waals surface area (Å²) in [5, 5.41) is 10.4. The Morgan fingerprint density at radius 3 is 2.08 bits per heavy atom. The van der Waals surface area contributed by atoms with E-state index in [2.05, 4.69) is 4.99 Å². The lowest BCUT2D eigenvalue weighted by molar-refractivity contribution is -0.149. The van der Waals surface area contributed by atoms with Crippen molar-refractivity contribution >= 4 is 31.0 Å². The molecule has 1 aliphatic rings. The molecule has 2 aromatic rings. The lowest BCUT2D eigenvalue weighted by atomic mass is 10.1. The van der Waals surface area contributed by atoms with Gasteiger partial charge in [0.05, 0.1) is 6.04 Å². The number of nitrogens with two attached hydrogens (primary N) is 3. The van der Waals surface area contributed by atoms with Crippen molar-refractivity contribution < 1.29 is 24.1 Å². The second-order valence-electron chi connectivity index (χ2n) is 10.1. The number of carbonyl (C=O) groups excluding carboxylic acids is 2. The van der Waals surface area contributed by atoms with Gasteiger partial charge < -0.3 is 27.2 Å². The Morgan fingerprint density at radius 2 is 1.60 bits per heavy atom. The van der Waals surface area contributed by atoms with Gasteiger partial charge in [0.2, 0.25) is 5.91 Å². The molecule has 11 nitrogen and oxygen atoms in total. The third-order valence-corrected chi connectivity index (χ3v) is 9.86. The molecule has 7 N–H and O–H groups in total. The Morgan fingerprint density at radius 1 is 1.05 bits per heavy atom. The number of hydrogen-bond acceptors (Lipinski definition) is 6. The molecule has 2 amide bonds. The van der Waals surface area contributed by atoms with E-state index in [4.69, 9.17) is 17.2 Å². The van der Waals surface area contributed by atoms with Crippen LogP contribution < -0.4 is 17.2 Å². The monoisotopic (exact) mass is 570 g/mol. The Bertz CT molecular complexity index is 1190. The number of amides is 2. The summed E-state index contributed by atoms with van der Waals surface area (Å²) >= 11 is 0. The van der Waals surface area contributed by atoms with Crippen LogP contribution in [0.3, 0.4) is 0 Å². The minimum absolute atomic E-state index is 0.0277. The van der Waals surface area contributed by atoms with Gasteiger partial charge in [-0.3, -0.25) is 23.8 Å². The third-order valence-electron chi connectivity index (χ3n) is 6.88. The van der Waals surface area contributed by atoms with Crippen LogP contribution in [0.2, 0.25) is 0 Å². The first kappa shape index (κ1) is 30.8. The highest BCUT2D eigenvalue weighted by Crippen LogP contribution is 2.58. The topological polar surface area (TPSA) is 185 Å². The molecule has 0 unspecified atom stereocenters. The summed E-state index contributed by atoms with van der Waals surface area (Å²) in [4.78, 5) is 45.4. The van der Waals surface area contributed by atoms with Crippen LogP contribution in [-0.2, 0) is 31.3 Å². The van der Waals surface area contributed by atoms with E-state index in [0.717, 1.165) is 4.67 Å². The van der Waals surface area contributed by atoms with Crippen LogP contribution in [-0.4, -0.2) is 69.6 Å². The summed E-state index contributed by atoms with van der Waals surface area (Å²) in [5.74, 6) is -2.47. The predicted octanol–water partition coefficient (Wildman–Crippen LogP) is 2.34. The third kappa shape index (κ3) is 7.92. The molecule has 2 aromatic carbocycles. The zero-order chi connectivity index (χ0) is 29.3. The molecule has 0 spiro atoms. The number of likely N-dealkylation sites (tertiary alicyclic amines) is 1. The fourth-order valence-electron chi connectivity index (χ4n) is 5.08. The SMILES string of the molecule is C[C@H](N)C(=O)N1CCC[C@H]1C(=O)N([C@@H](CCCN=C(N)N)C(=O)O)P(=O)(Cc1ccccc1)Cc1ccccc1. The van der Waals surface area contributed by atoms with E-state index >= 15 is 4.57 Å². The van der Waals surface area contributed by atoms with Gasteiger partial charge >= 0.3 is 5.97 Å². The Kier molecular flexibility index (Phi) is 10.9. The highest BCUT2D eigenvalue weighted by Gasteiger charge is 2.47. The Labute approximate surface area is 234 Å². The zero-order valence-corrected chi connectivity index (χ0v) is 23.7. The lowest BCUT2D eigenvalue weighted by Gasteiger charge is -2.39. The second kappa shape index (κ2) is 14.1. The molecule has 0 saturated carbocycles. The molecule has 1 saturated heterocycles. The average Bonchev–Trinajstić information content (AvgIpc) is 3.40. The molecular weight excluding hydrogens is 531 g/mol. The van der Waals surface area contributed by atoms with E-state index in [1.54, 1.807) is 55.5 Å². The summed E-state index contributed by atoms with van der Waals surface area (Å²) in [5.41, 5.74) is 18.1. The van der Waals surface area contributed by atoms with Crippen LogP contribution >= 0.6 is 7.29 Å². The van der Waals surface area contributed by atoms with E-state index in [1.807, 2.05) is 12.1 Å². The van der Waals surface area contributed by atoms with Gasteiger partial charge in [-0.1, -0.05) is 60.7 Å². The molecule has 0 radical (unpaired) electrons. The Balaban J connectivity index is 2.12. The Hall–Kier alpha value is -3.69. The largest absolute Gasteiger partial charge is 0.480 e. The maximum atomic E-state index is 15.2. The number of carboxylic acids is 1. The van der Waals surface area contributed by atoms with Gasteiger partial charge in [-0.25, -0.2) is 4.79 Å². The molecular formula is C28H39N6O5P. The highest BCUT2D eigenvalue weighted by molar-refractivity contribution is 7.60. The first-order valence-electron chi connectivity index (χ1n) is 13.4. The van der Waals surface area contributed by atoms with Crippen molar-refractivity contribution in [2.75, 3.05) is 13.1 Å². The number of hydrogen-bond donors (Lipinski definition) is 4. The first-order valence-corrected chi connectivity index (χ1v) is 15.4. The van der Waals surface area contributed by atoms with Crippen molar-refractivity contribution in [2.24, 2.45) is 22.2 Å². The molecule has 216 valence electrons. The van der Waals surface area contributed by atoms with Crippen molar-refractivity contribution in [3.63, 3.8) is 0 Å². The van der Waals surface area contributed by atoms with Gasteiger partial charge in [-0.15, -0.1) is 0 Å². The summed E-state index contributed by atoms with van der Waals surface area (Å²) in [6.07, 6.45) is 1.03. The van der Waals surface area contributed by atoms with Crippen LogP contribution in [0.4, 0.5) is 0 Å². The van der Waals surface area contributed by atoms with E-state index < -0.39 is 43.2 Å². The number of carbonyl (C=O) groups is 3. The minimum atomic E-state index is -3.79. The van der Waals surface area contributed by atoms with Gasteiger partial charge in [0.25, 0.3) is 5.91 Å². The molecule has 12 heteroatoms. The van der Waals surface area contributed by atoms with Crippen molar-refractivity contribution in [3.05, 3.63) is 71.8 Å². The van der Waals surface area contributed by atoms with Crippen LogP contribution in [0.1, 0.15) is 43.7 Å². The van der Waals surface area contributed by atoms with Crippen LogP contribution in [0.5, 0.6) is 0 Å². The molecule has 40 heavy (non-hydrogen) atoms.